The highest BCUT2D eigenvalue weighted by molar-refractivity contribution is 9.10. The van der Waals surface area contributed by atoms with Crippen molar-refractivity contribution < 1.29 is 24.4 Å². The lowest BCUT2D eigenvalue weighted by Crippen LogP contribution is -2.55. The smallest absolute Gasteiger partial charge is 0.331 e. The van der Waals surface area contributed by atoms with E-state index in [4.69, 9.17) is 4.74 Å². The van der Waals surface area contributed by atoms with Crippen LogP contribution in [0.5, 0.6) is 0 Å². The number of non-ortho nitro benzene ring substituents is 1. The number of carbonyl (C=O) groups is 2. The second-order valence-corrected chi connectivity index (χ2v) is 5.80. The first-order valence-electron chi connectivity index (χ1n) is 6.39. The largest absolute Gasteiger partial charge is 0.479 e. The van der Waals surface area contributed by atoms with Gasteiger partial charge in [0.1, 0.15) is 0 Å². The zero-order valence-corrected chi connectivity index (χ0v) is 13.0. The summed E-state index contributed by atoms with van der Waals surface area (Å²) in [5, 5.41) is 22.4. The van der Waals surface area contributed by atoms with Crippen molar-refractivity contribution in [3.8, 4) is 0 Å². The number of nitrogens with one attached hydrogen (secondary N) is 1. The molecule has 0 aliphatic carbocycles. The molecule has 0 saturated carbocycles. The number of hydrogen-bond donors (Lipinski definition) is 2. The Bertz CT molecular complexity index is 627. The first-order chi connectivity index (χ1) is 10.3. The molecule has 118 valence electrons. The van der Waals surface area contributed by atoms with Gasteiger partial charge in [0.05, 0.1) is 18.0 Å². The third-order valence-electron chi connectivity index (χ3n) is 3.41. The van der Waals surface area contributed by atoms with Crippen LogP contribution in [0.4, 0.5) is 5.69 Å². The molecule has 1 aliphatic heterocycles. The topological polar surface area (TPSA) is 119 Å². The van der Waals surface area contributed by atoms with Crippen molar-refractivity contribution in [2.45, 2.75) is 18.4 Å². The van der Waals surface area contributed by atoms with Crippen LogP contribution in [0.1, 0.15) is 12.0 Å². The Kier molecular flexibility index (Phi) is 4.77. The maximum absolute atomic E-state index is 12.1. The number of nitro groups is 1. The molecule has 2 N–H and O–H groups in total. The molecular formula is C13H13BrN2O6. The fraction of sp³-hybridized carbons (Fsp3) is 0.385. The quantitative estimate of drug-likeness (QED) is 0.593. The number of hydrogen-bond acceptors (Lipinski definition) is 5. The van der Waals surface area contributed by atoms with Crippen LogP contribution in [0, 0.1) is 10.1 Å². The van der Waals surface area contributed by atoms with Gasteiger partial charge in [-0.05, 0) is 5.56 Å². The van der Waals surface area contributed by atoms with Gasteiger partial charge in [0.15, 0.2) is 5.54 Å². The first kappa shape index (κ1) is 16.4. The Morgan fingerprint density at radius 1 is 1.50 bits per heavy atom. The van der Waals surface area contributed by atoms with Crippen LogP contribution in [-0.2, 0) is 20.7 Å². The number of carboxylic acids is 1. The molecule has 1 atom stereocenters. The number of nitrogens with zero attached hydrogens (tertiary/aromatic N) is 1. The molecule has 1 aliphatic rings. The zero-order chi connectivity index (χ0) is 16.3. The highest BCUT2D eigenvalue weighted by atomic mass is 79.9. The second kappa shape index (κ2) is 6.41. The van der Waals surface area contributed by atoms with Crippen molar-refractivity contribution in [3.05, 3.63) is 38.3 Å². The van der Waals surface area contributed by atoms with E-state index in [1.54, 1.807) is 0 Å². The maximum atomic E-state index is 12.1. The highest BCUT2D eigenvalue weighted by Gasteiger charge is 2.43. The Morgan fingerprint density at radius 3 is 2.73 bits per heavy atom. The maximum Gasteiger partial charge on any atom is 0.331 e. The molecule has 9 heteroatoms. The lowest BCUT2D eigenvalue weighted by atomic mass is 9.98. The van der Waals surface area contributed by atoms with E-state index in [1.165, 1.54) is 18.2 Å². The number of rotatable bonds is 5. The van der Waals surface area contributed by atoms with E-state index >= 15 is 0 Å². The summed E-state index contributed by atoms with van der Waals surface area (Å²) in [6, 6.07) is 4.05. The molecule has 2 rings (SSSR count). The Morgan fingerprint density at radius 2 is 2.23 bits per heavy atom. The van der Waals surface area contributed by atoms with Crippen molar-refractivity contribution in [2.24, 2.45) is 0 Å². The number of nitro benzene ring substituents is 1. The van der Waals surface area contributed by atoms with Crippen LogP contribution >= 0.6 is 15.9 Å². The number of carbonyl (C=O) groups excluding carboxylic acids is 1. The van der Waals surface area contributed by atoms with Crippen LogP contribution in [0.15, 0.2) is 22.7 Å². The number of halogens is 1. The first-order valence-corrected chi connectivity index (χ1v) is 7.18. The molecule has 0 aromatic heterocycles. The Balaban J connectivity index is 2.09. The minimum absolute atomic E-state index is 0.0739. The van der Waals surface area contributed by atoms with Crippen molar-refractivity contribution >= 4 is 33.5 Å². The normalized spacial score (nSPS) is 20.6. The van der Waals surface area contributed by atoms with E-state index in [2.05, 4.69) is 21.2 Å². The standard InChI is InChI=1S/C13H13BrN2O6/c14-10-6-9(16(20)21)2-1-8(10)5-11(17)15-13(12(18)19)3-4-22-7-13/h1-2,6H,3-5,7H2,(H,15,17)(H,18,19). The number of aliphatic carboxylic acids is 1. The fourth-order valence-corrected chi connectivity index (χ4v) is 2.67. The van der Waals surface area contributed by atoms with Gasteiger partial charge in [0.25, 0.3) is 5.69 Å². The molecule has 1 aromatic carbocycles. The number of benzene rings is 1. The summed E-state index contributed by atoms with van der Waals surface area (Å²) in [6.45, 7) is 0.198. The van der Waals surface area contributed by atoms with Crippen LogP contribution in [0.2, 0.25) is 0 Å². The van der Waals surface area contributed by atoms with E-state index in [1.807, 2.05) is 0 Å². The van der Waals surface area contributed by atoms with Gasteiger partial charge in [-0.3, -0.25) is 14.9 Å². The molecule has 1 heterocycles. The highest BCUT2D eigenvalue weighted by Crippen LogP contribution is 2.24. The molecule has 0 spiro atoms. The van der Waals surface area contributed by atoms with Crippen LogP contribution in [0.25, 0.3) is 0 Å². The van der Waals surface area contributed by atoms with Gasteiger partial charge in [-0.2, -0.15) is 0 Å². The van der Waals surface area contributed by atoms with E-state index < -0.39 is 22.3 Å². The summed E-state index contributed by atoms with van der Waals surface area (Å²) >= 11 is 3.17. The molecule has 8 nitrogen and oxygen atoms in total. The van der Waals surface area contributed by atoms with E-state index in [0.29, 0.717) is 10.0 Å². The van der Waals surface area contributed by atoms with E-state index in [0.717, 1.165) is 0 Å². The third kappa shape index (κ3) is 3.42. The minimum Gasteiger partial charge on any atom is -0.479 e. The van der Waals surface area contributed by atoms with E-state index in [-0.39, 0.29) is 31.7 Å². The molecule has 1 unspecified atom stereocenters. The molecule has 1 amide bonds. The van der Waals surface area contributed by atoms with Gasteiger partial charge in [0.2, 0.25) is 5.91 Å². The van der Waals surface area contributed by atoms with Crippen LogP contribution in [0.3, 0.4) is 0 Å². The number of carboxylic acid groups (broad SMARTS) is 1. The zero-order valence-electron chi connectivity index (χ0n) is 11.4. The average Bonchev–Trinajstić information content (AvgIpc) is 2.90. The lowest BCUT2D eigenvalue weighted by Gasteiger charge is -2.23. The Labute approximate surface area is 133 Å². The van der Waals surface area contributed by atoms with E-state index in [9.17, 15) is 24.8 Å². The van der Waals surface area contributed by atoms with Gasteiger partial charge >= 0.3 is 5.97 Å². The molecule has 1 saturated heterocycles. The van der Waals surface area contributed by atoms with Gasteiger partial charge in [0, 0.05) is 29.6 Å². The fourth-order valence-electron chi connectivity index (χ4n) is 2.16. The van der Waals surface area contributed by atoms with Crippen LogP contribution < -0.4 is 5.32 Å². The van der Waals surface area contributed by atoms with Crippen molar-refractivity contribution in [3.63, 3.8) is 0 Å². The van der Waals surface area contributed by atoms with Gasteiger partial charge in [-0.15, -0.1) is 0 Å². The molecule has 0 bridgehead atoms. The summed E-state index contributed by atoms with van der Waals surface area (Å²) in [7, 11) is 0. The molecule has 22 heavy (non-hydrogen) atoms. The monoisotopic (exact) mass is 372 g/mol. The summed E-state index contributed by atoms with van der Waals surface area (Å²) in [4.78, 5) is 33.5. The van der Waals surface area contributed by atoms with Crippen molar-refractivity contribution in [1.82, 2.24) is 5.32 Å². The second-order valence-electron chi connectivity index (χ2n) is 4.95. The predicted octanol–water partition coefficient (Wildman–Crippen LogP) is 1.26. The summed E-state index contributed by atoms with van der Waals surface area (Å²) in [5.74, 6) is -1.62. The van der Waals surface area contributed by atoms with Gasteiger partial charge in [-0.1, -0.05) is 22.0 Å². The predicted molar refractivity (Wildman–Crippen MR) is 78.4 cm³/mol. The van der Waals surface area contributed by atoms with Gasteiger partial charge < -0.3 is 15.2 Å². The summed E-state index contributed by atoms with van der Waals surface area (Å²) in [6.07, 6.45) is 0.114. The SMILES string of the molecule is O=C(Cc1ccc([N+](=O)[O-])cc1Br)NC1(C(=O)O)CCOC1. The van der Waals surface area contributed by atoms with Crippen LogP contribution in [-0.4, -0.2) is 40.7 Å². The minimum atomic E-state index is -1.40. The lowest BCUT2D eigenvalue weighted by molar-refractivity contribution is -0.384. The van der Waals surface area contributed by atoms with Gasteiger partial charge in [-0.25, -0.2) is 4.79 Å². The number of ether oxygens (including phenoxy) is 1. The molecule has 1 aromatic rings. The Hall–Kier alpha value is -2.00. The number of amides is 1. The summed E-state index contributed by atoms with van der Waals surface area (Å²) < 4.78 is 5.48. The molecule has 0 radical (unpaired) electrons. The molecule has 1 fully saturated rings. The van der Waals surface area contributed by atoms with Crippen molar-refractivity contribution in [1.29, 1.82) is 0 Å². The van der Waals surface area contributed by atoms with Crippen molar-refractivity contribution in [2.75, 3.05) is 13.2 Å². The molecular weight excluding hydrogens is 360 g/mol. The third-order valence-corrected chi connectivity index (χ3v) is 4.15. The average molecular weight is 373 g/mol. The summed E-state index contributed by atoms with van der Waals surface area (Å²) in [5.41, 5.74) is -0.963.